The lowest BCUT2D eigenvalue weighted by Gasteiger charge is -2.41. The fourth-order valence-corrected chi connectivity index (χ4v) is 3.70. The van der Waals surface area contributed by atoms with Gasteiger partial charge in [-0.05, 0) is 43.6 Å². The monoisotopic (exact) mass is 277 g/mol. The number of nitrogens with two attached hydrogens (primary N) is 1. The Kier molecular flexibility index (Phi) is 3.28. The highest BCUT2D eigenvalue weighted by Crippen LogP contribution is 2.47. The van der Waals surface area contributed by atoms with Crippen LogP contribution in [0.5, 0.6) is 5.75 Å². The summed E-state index contributed by atoms with van der Waals surface area (Å²) in [6, 6.07) is 4.69. The van der Waals surface area contributed by atoms with Gasteiger partial charge in [-0.2, -0.15) is 0 Å². The van der Waals surface area contributed by atoms with Crippen molar-refractivity contribution in [3.8, 4) is 5.75 Å². The van der Waals surface area contributed by atoms with Crippen LogP contribution in [0.1, 0.15) is 64.0 Å². The fourth-order valence-electron chi connectivity index (χ4n) is 3.70. The minimum atomic E-state index is -0.248. The summed E-state index contributed by atoms with van der Waals surface area (Å²) in [5.74, 6) is 0.408. The first-order chi connectivity index (χ1) is 9.39. The van der Waals surface area contributed by atoms with Crippen molar-refractivity contribution in [2.45, 2.75) is 64.0 Å². The molecule has 2 nitrogen and oxygen atoms in total. The molecular weight excluding hydrogens is 253 g/mol. The Bertz CT molecular complexity index is 514. The summed E-state index contributed by atoms with van der Waals surface area (Å²) >= 11 is 0. The summed E-state index contributed by atoms with van der Waals surface area (Å²) in [6.45, 7) is 4.64. The van der Waals surface area contributed by atoms with Gasteiger partial charge in [-0.3, -0.25) is 0 Å². The molecule has 1 spiro atoms. The van der Waals surface area contributed by atoms with Crippen LogP contribution >= 0.6 is 0 Å². The van der Waals surface area contributed by atoms with Crippen molar-refractivity contribution in [2.75, 3.05) is 0 Å². The molecular formula is C17H24FNO. The van der Waals surface area contributed by atoms with Crippen LogP contribution in [0.3, 0.4) is 0 Å². The normalized spacial score (nSPS) is 32.3. The molecule has 1 aromatic rings. The SMILES string of the molecule is CC1(C)CCCC2(CC1)C[C@@H](N)c1ccc(F)cc1O2. The summed E-state index contributed by atoms with van der Waals surface area (Å²) in [4.78, 5) is 0. The van der Waals surface area contributed by atoms with E-state index >= 15 is 0 Å². The van der Waals surface area contributed by atoms with Crippen molar-refractivity contribution in [3.63, 3.8) is 0 Å². The lowest BCUT2D eigenvalue weighted by atomic mass is 9.80. The topological polar surface area (TPSA) is 35.2 Å². The molecule has 110 valence electrons. The molecule has 0 bridgehead atoms. The van der Waals surface area contributed by atoms with Crippen LogP contribution in [0.25, 0.3) is 0 Å². The Morgan fingerprint density at radius 3 is 2.80 bits per heavy atom. The van der Waals surface area contributed by atoms with Crippen molar-refractivity contribution >= 4 is 0 Å². The van der Waals surface area contributed by atoms with Crippen molar-refractivity contribution in [1.82, 2.24) is 0 Å². The van der Waals surface area contributed by atoms with Gasteiger partial charge in [0, 0.05) is 24.1 Å². The van der Waals surface area contributed by atoms with Crippen molar-refractivity contribution in [3.05, 3.63) is 29.6 Å². The smallest absolute Gasteiger partial charge is 0.127 e. The van der Waals surface area contributed by atoms with Crippen molar-refractivity contribution in [1.29, 1.82) is 0 Å². The molecule has 1 aliphatic carbocycles. The van der Waals surface area contributed by atoms with E-state index in [4.69, 9.17) is 10.5 Å². The molecule has 3 heteroatoms. The van der Waals surface area contributed by atoms with E-state index in [-0.39, 0.29) is 17.5 Å². The first kappa shape index (κ1) is 13.9. The van der Waals surface area contributed by atoms with Gasteiger partial charge in [0.2, 0.25) is 0 Å². The third-order valence-corrected chi connectivity index (χ3v) is 5.04. The Labute approximate surface area is 120 Å². The maximum Gasteiger partial charge on any atom is 0.127 e. The van der Waals surface area contributed by atoms with Crippen LogP contribution in [0.15, 0.2) is 18.2 Å². The maximum atomic E-state index is 13.5. The van der Waals surface area contributed by atoms with Crippen molar-refractivity contribution in [2.24, 2.45) is 11.1 Å². The first-order valence-electron chi connectivity index (χ1n) is 7.63. The molecule has 3 rings (SSSR count). The van der Waals surface area contributed by atoms with E-state index in [0.717, 1.165) is 37.7 Å². The van der Waals surface area contributed by atoms with Crippen LogP contribution in [0, 0.1) is 11.2 Å². The number of ether oxygens (including phenoxy) is 1. The Hall–Kier alpha value is -1.09. The summed E-state index contributed by atoms with van der Waals surface area (Å²) in [7, 11) is 0. The van der Waals surface area contributed by atoms with Gasteiger partial charge in [0.25, 0.3) is 0 Å². The zero-order valence-electron chi connectivity index (χ0n) is 12.4. The van der Waals surface area contributed by atoms with Gasteiger partial charge < -0.3 is 10.5 Å². The average Bonchev–Trinajstić information content (AvgIpc) is 2.49. The number of halogens is 1. The predicted octanol–water partition coefficient (Wildman–Crippen LogP) is 4.34. The van der Waals surface area contributed by atoms with Crippen LogP contribution in [-0.4, -0.2) is 5.60 Å². The fraction of sp³-hybridized carbons (Fsp3) is 0.647. The highest BCUT2D eigenvalue weighted by Gasteiger charge is 2.42. The predicted molar refractivity (Wildman–Crippen MR) is 78.2 cm³/mol. The molecule has 0 amide bonds. The van der Waals surface area contributed by atoms with Gasteiger partial charge in [-0.1, -0.05) is 19.9 Å². The summed E-state index contributed by atoms with van der Waals surface area (Å²) in [5, 5.41) is 0. The second-order valence-corrected chi connectivity index (χ2v) is 7.30. The van der Waals surface area contributed by atoms with Crippen molar-refractivity contribution < 1.29 is 9.13 Å². The zero-order valence-corrected chi connectivity index (χ0v) is 12.4. The average molecular weight is 277 g/mol. The second-order valence-electron chi connectivity index (χ2n) is 7.30. The molecule has 1 unspecified atom stereocenters. The van der Waals surface area contributed by atoms with Crippen LogP contribution in [0.2, 0.25) is 0 Å². The molecule has 1 aliphatic heterocycles. The van der Waals surface area contributed by atoms with Crippen LogP contribution in [0.4, 0.5) is 4.39 Å². The Balaban J connectivity index is 1.90. The molecule has 2 atom stereocenters. The van der Waals surface area contributed by atoms with E-state index < -0.39 is 0 Å². The molecule has 2 aliphatic rings. The first-order valence-corrected chi connectivity index (χ1v) is 7.63. The minimum absolute atomic E-state index is 0.0411. The molecule has 1 fully saturated rings. The van der Waals surface area contributed by atoms with E-state index in [0.29, 0.717) is 11.2 Å². The Morgan fingerprint density at radius 2 is 2.00 bits per heavy atom. The van der Waals surface area contributed by atoms with Crippen LogP contribution in [-0.2, 0) is 0 Å². The molecule has 0 aromatic heterocycles. The third-order valence-electron chi connectivity index (χ3n) is 5.04. The summed E-state index contributed by atoms with van der Waals surface area (Å²) in [6.07, 6.45) is 6.42. The van der Waals surface area contributed by atoms with Gasteiger partial charge in [-0.15, -0.1) is 0 Å². The van der Waals surface area contributed by atoms with E-state index in [9.17, 15) is 4.39 Å². The van der Waals surface area contributed by atoms with E-state index in [2.05, 4.69) is 13.8 Å². The highest BCUT2D eigenvalue weighted by molar-refractivity contribution is 5.39. The number of fused-ring (bicyclic) bond motifs is 1. The molecule has 0 saturated heterocycles. The largest absolute Gasteiger partial charge is 0.487 e. The zero-order chi connectivity index (χ0) is 14.4. The van der Waals surface area contributed by atoms with E-state index in [1.165, 1.54) is 18.6 Å². The minimum Gasteiger partial charge on any atom is -0.487 e. The molecule has 0 radical (unpaired) electrons. The lowest BCUT2D eigenvalue weighted by molar-refractivity contribution is 0.0186. The van der Waals surface area contributed by atoms with Crippen LogP contribution < -0.4 is 10.5 Å². The molecule has 20 heavy (non-hydrogen) atoms. The van der Waals surface area contributed by atoms with Gasteiger partial charge in [-0.25, -0.2) is 4.39 Å². The number of hydrogen-bond acceptors (Lipinski definition) is 2. The van der Waals surface area contributed by atoms with Gasteiger partial charge in [0.1, 0.15) is 17.2 Å². The Morgan fingerprint density at radius 1 is 1.20 bits per heavy atom. The van der Waals surface area contributed by atoms with E-state index in [1.54, 1.807) is 6.07 Å². The standard InChI is InChI=1S/C17H24FNO/c1-16(2)6-3-7-17(9-8-16)11-14(19)13-5-4-12(18)10-15(13)20-17/h4-5,10,14H,3,6-9,11,19H2,1-2H3/t14-,17?/m1/s1. The third kappa shape index (κ3) is 2.56. The second kappa shape index (κ2) is 4.73. The number of rotatable bonds is 0. The molecule has 1 aromatic carbocycles. The summed E-state index contributed by atoms with van der Waals surface area (Å²) < 4.78 is 19.7. The van der Waals surface area contributed by atoms with Gasteiger partial charge >= 0.3 is 0 Å². The molecule has 2 N–H and O–H groups in total. The quantitative estimate of drug-likeness (QED) is 0.765. The number of hydrogen-bond donors (Lipinski definition) is 1. The van der Waals surface area contributed by atoms with Gasteiger partial charge in [0.15, 0.2) is 0 Å². The van der Waals surface area contributed by atoms with Gasteiger partial charge in [0.05, 0.1) is 0 Å². The molecule has 1 heterocycles. The molecule has 1 saturated carbocycles. The maximum absolute atomic E-state index is 13.5. The summed E-state index contributed by atoms with van der Waals surface area (Å²) in [5.41, 5.74) is 7.45. The lowest BCUT2D eigenvalue weighted by Crippen LogP contribution is -2.42. The number of benzene rings is 1. The highest BCUT2D eigenvalue weighted by atomic mass is 19.1. The van der Waals surface area contributed by atoms with E-state index in [1.807, 2.05) is 0 Å².